The number of ether oxygens (including phenoxy) is 1. The number of likely N-dealkylation sites (N-methyl/N-ethyl adjacent to an activating group) is 1. The lowest BCUT2D eigenvalue weighted by Gasteiger charge is -2.29. The van der Waals surface area contributed by atoms with Crippen LogP contribution in [-0.4, -0.2) is 35.9 Å². The number of carbonyl (C=O) groups excluding carboxylic acids is 2. The summed E-state index contributed by atoms with van der Waals surface area (Å²) in [5.74, 6) is -1.16. The number of hydrogen-bond donors (Lipinski definition) is 1. The predicted molar refractivity (Wildman–Crippen MR) is 102 cm³/mol. The van der Waals surface area contributed by atoms with Crippen molar-refractivity contribution in [1.29, 1.82) is 0 Å². The zero-order chi connectivity index (χ0) is 19.8. The third kappa shape index (κ3) is 5.54. The highest BCUT2D eigenvalue weighted by molar-refractivity contribution is 5.87. The van der Waals surface area contributed by atoms with E-state index < -0.39 is 11.9 Å². The van der Waals surface area contributed by atoms with Gasteiger partial charge in [-0.05, 0) is 44.0 Å². The number of halogens is 1. The van der Waals surface area contributed by atoms with E-state index in [0.29, 0.717) is 6.54 Å². The molecule has 1 unspecified atom stereocenters. The summed E-state index contributed by atoms with van der Waals surface area (Å²) in [6.45, 7) is 5.83. The van der Waals surface area contributed by atoms with E-state index in [2.05, 4.69) is 5.32 Å². The number of nitrogens with one attached hydrogen (secondary N) is 1. The fourth-order valence-electron chi connectivity index (χ4n) is 2.66. The normalized spacial score (nSPS) is 11.6. The summed E-state index contributed by atoms with van der Waals surface area (Å²) in [7, 11) is 0. The van der Waals surface area contributed by atoms with Gasteiger partial charge in [0, 0.05) is 13.1 Å². The molecule has 6 heteroatoms. The van der Waals surface area contributed by atoms with E-state index in [1.807, 2.05) is 38.1 Å². The van der Waals surface area contributed by atoms with Gasteiger partial charge in [0.1, 0.15) is 6.04 Å². The van der Waals surface area contributed by atoms with Crippen molar-refractivity contribution in [2.75, 3.05) is 13.2 Å². The van der Waals surface area contributed by atoms with Gasteiger partial charge in [0.25, 0.3) is 5.91 Å². The molecule has 0 fully saturated rings. The molecule has 0 saturated carbocycles. The van der Waals surface area contributed by atoms with Crippen LogP contribution in [-0.2, 0) is 16.1 Å². The highest BCUT2D eigenvalue weighted by Crippen LogP contribution is 2.17. The Balaban J connectivity index is 2.17. The Hall–Kier alpha value is -2.89. The first-order valence-corrected chi connectivity index (χ1v) is 8.93. The van der Waals surface area contributed by atoms with Crippen LogP contribution in [0.15, 0.2) is 48.5 Å². The quantitative estimate of drug-likeness (QED) is 0.775. The van der Waals surface area contributed by atoms with Crippen molar-refractivity contribution in [3.8, 4) is 5.75 Å². The summed E-state index contributed by atoms with van der Waals surface area (Å²) < 4.78 is 19.1. The van der Waals surface area contributed by atoms with E-state index in [-0.39, 0.29) is 30.7 Å². The largest absolute Gasteiger partial charge is 0.481 e. The van der Waals surface area contributed by atoms with Crippen LogP contribution in [0.1, 0.15) is 25.0 Å². The van der Waals surface area contributed by atoms with E-state index in [0.717, 1.165) is 11.1 Å². The summed E-state index contributed by atoms with van der Waals surface area (Å²) in [6.07, 6.45) is 0. The molecule has 0 bridgehead atoms. The van der Waals surface area contributed by atoms with Gasteiger partial charge < -0.3 is 15.0 Å². The number of aryl methyl sites for hydroxylation is 1. The van der Waals surface area contributed by atoms with Gasteiger partial charge in [-0.2, -0.15) is 0 Å². The molecule has 0 aromatic heterocycles. The Bertz CT molecular complexity index is 795. The van der Waals surface area contributed by atoms with Gasteiger partial charge in [0.15, 0.2) is 18.2 Å². The monoisotopic (exact) mass is 372 g/mol. The van der Waals surface area contributed by atoms with Crippen molar-refractivity contribution in [3.63, 3.8) is 0 Å². The minimum atomic E-state index is -0.679. The van der Waals surface area contributed by atoms with Gasteiger partial charge in [-0.25, -0.2) is 4.39 Å². The Morgan fingerprint density at radius 1 is 1.15 bits per heavy atom. The van der Waals surface area contributed by atoms with Crippen molar-refractivity contribution in [3.05, 3.63) is 65.5 Å². The molecule has 0 spiro atoms. The van der Waals surface area contributed by atoms with E-state index in [9.17, 15) is 14.0 Å². The molecule has 0 aliphatic carbocycles. The Morgan fingerprint density at radius 2 is 1.81 bits per heavy atom. The molecule has 2 aromatic carbocycles. The van der Waals surface area contributed by atoms with Crippen LogP contribution in [0.5, 0.6) is 5.75 Å². The number of nitrogens with zero attached hydrogens (tertiary/aromatic N) is 1. The minimum absolute atomic E-state index is 0.00681. The predicted octanol–water partition coefficient (Wildman–Crippen LogP) is 3.07. The van der Waals surface area contributed by atoms with Crippen molar-refractivity contribution in [1.82, 2.24) is 10.2 Å². The van der Waals surface area contributed by atoms with Gasteiger partial charge in [-0.1, -0.05) is 36.4 Å². The molecule has 1 N–H and O–H groups in total. The van der Waals surface area contributed by atoms with Crippen LogP contribution in [0, 0.1) is 12.7 Å². The lowest BCUT2D eigenvalue weighted by atomic mass is 10.1. The number of rotatable bonds is 8. The smallest absolute Gasteiger partial charge is 0.261 e. The van der Waals surface area contributed by atoms with Gasteiger partial charge in [0.2, 0.25) is 5.91 Å². The van der Waals surface area contributed by atoms with Crippen molar-refractivity contribution in [2.45, 2.75) is 33.4 Å². The molecule has 1 atom stereocenters. The summed E-state index contributed by atoms with van der Waals surface area (Å²) in [6, 6.07) is 12.9. The van der Waals surface area contributed by atoms with Crippen LogP contribution in [0.2, 0.25) is 0 Å². The molecule has 0 aliphatic heterocycles. The van der Waals surface area contributed by atoms with Gasteiger partial charge in [-0.3, -0.25) is 9.59 Å². The highest BCUT2D eigenvalue weighted by Gasteiger charge is 2.26. The van der Waals surface area contributed by atoms with Gasteiger partial charge >= 0.3 is 0 Å². The lowest BCUT2D eigenvalue weighted by molar-refractivity contribution is -0.142. The Labute approximate surface area is 159 Å². The number of carbonyl (C=O) groups is 2. The summed E-state index contributed by atoms with van der Waals surface area (Å²) in [4.78, 5) is 26.5. The lowest BCUT2D eigenvalue weighted by Crippen LogP contribution is -2.49. The zero-order valence-electron chi connectivity index (χ0n) is 15.9. The Morgan fingerprint density at radius 3 is 2.48 bits per heavy atom. The number of para-hydroxylation sites is 1. The van der Waals surface area contributed by atoms with E-state index in [1.54, 1.807) is 19.1 Å². The first-order valence-electron chi connectivity index (χ1n) is 8.93. The topological polar surface area (TPSA) is 58.6 Å². The molecule has 0 heterocycles. The number of benzene rings is 2. The summed E-state index contributed by atoms with van der Waals surface area (Å²) in [5, 5.41) is 2.73. The maximum absolute atomic E-state index is 13.7. The first-order chi connectivity index (χ1) is 12.9. The fourth-order valence-corrected chi connectivity index (χ4v) is 2.66. The van der Waals surface area contributed by atoms with E-state index >= 15 is 0 Å². The molecule has 0 aliphatic rings. The maximum Gasteiger partial charge on any atom is 0.261 e. The standard InChI is InChI=1S/C21H25FN2O3/c1-4-23-21(26)16(3)24(13-17-10-6-5-9-15(17)2)20(25)14-27-19-12-8-7-11-18(19)22/h5-12,16H,4,13-14H2,1-3H3,(H,23,26). The van der Waals surface area contributed by atoms with Gasteiger partial charge in [0.05, 0.1) is 0 Å². The molecule has 0 radical (unpaired) electrons. The van der Waals surface area contributed by atoms with Crippen molar-refractivity contribution in [2.24, 2.45) is 0 Å². The summed E-state index contributed by atoms with van der Waals surface area (Å²) in [5.41, 5.74) is 1.96. The van der Waals surface area contributed by atoms with E-state index in [4.69, 9.17) is 4.74 Å². The molecule has 2 aromatic rings. The minimum Gasteiger partial charge on any atom is -0.481 e. The molecular weight excluding hydrogens is 347 g/mol. The second-order valence-electron chi connectivity index (χ2n) is 6.24. The van der Waals surface area contributed by atoms with E-state index in [1.165, 1.54) is 17.0 Å². The van der Waals surface area contributed by atoms with Crippen molar-refractivity contribution >= 4 is 11.8 Å². The molecule has 27 heavy (non-hydrogen) atoms. The maximum atomic E-state index is 13.7. The van der Waals surface area contributed by atoms with Crippen LogP contribution in [0.3, 0.4) is 0 Å². The molecule has 2 amide bonds. The number of amides is 2. The average molecular weight is 372 g/mol. The highest BCUT2D eigenvalue weighted by atomic mass is 19.1. The summed E-state index contributed by atoms with van der Waals surface area (Å²) >= 11 is 0. The SMILES string of the molecule is CCNC(=O)C(C)N(Cc1ccccc1C)C(=O)COc1ccccc1F. The van der Waals surface area contributed by atoms with Crippen LogP contribution in [0.4, 0.5) is 4.39 Å². The van der Waals surface area contributed by atoms with Gasteiger partial charge in [-0.15, -0.1) is 0 Å². The third-order valence-corrected chi connectivity index (χ3v) is 4.31. The van der Waals surface area contributed by atoms with Crippen LogP contribution < -0.4 is 10.1 Å². The first kappa shape index (κ1) is 20.4. The Kier molecular flexibility index (Phi) is 7.34. The molecular formula is C21H25FN2O3. The second kappa shape index (κ2) is 9.71. The molecule has 0 saturated heterocycles. The molecule has 144 valence electrons. The second-order valence-corrected chi connectivity index (χ2v) is 6.24. The third-order valence-electron chi connectivity index (χ3n) is 4.31. The van der Waals surface area contributed by atoms with Crippen molar-refractivity contribution < 1.29 is 18.7 Å². The average Bonchev–Trinajstić information content (AvgIpc) is 2.66. The molecule has 5 nitrogen and oxygen atoms in total. The van der Waals surface area contributed by atoms with Crippen LogP contribution in [0.25, 0.3) is 0 Å². The van der Waals surface area contributed by atoms with Crippen LogP contribution >= 0.6 is 0 Å². The fraction of sp³-hybridized carbons (Fsp3) is 0.333. The molecule has 2 rings (SSSR count). The number of hydrogen-bond acceptors (Lipinski definition) is 3. The zero-order valence-corrected chi connectivity index (χ0v) is 15.9.